The Labute approximate surface area is 391 Å². The number of aromatic nitrogens is 6. The maximum atomic E-state index is 5.51. The van der Waals surface area contributed by atoms with E-state index in [4.69, 9.17) is 34.4 Å². The first-order valence-corrected chi connectivity index (χ1v) is 21.9. The van der Waals surface area contributed by atoms with Crippen LogP contribution in [0.1, 0.15) is 72.5 Å². The zero-order chi connectivity index (χ0) is 43.9. The van der Waals surface area contributed by atoms with E-state index in [1.807, 2.05) is 38.6 Å². The normalized spacial score (nSPS) is 12.3. The molecule has 2 aliphatic rings. The molecule has 0 atom stereocenters. The number of nitrogens with one attached hydrogen (secondary N) is 4. The molecule has 0 amide bonds. The first kappa shape index (κ1) is 49.2. The van der Waals surface area contributed by atoms with Crippen LogP contribution in [0.25, 0.3) is 22.5 Å². The zero-order valence-electron chi connectivity index (χ0n) is 37.0. The second kappa shape index (κ2) is 22.2. The van der Waals surface area contributed by atoms with Gasteiger partial charge in [0.25, 0.3) is 0 Å². The lowest BCUT2D eigenvalue weighted by Gasteiger charge is -2.13. The van der Waals surface area contributed by atoms with Crippen molar-refractivity contribution in [2.24, 2.45) is 0 Å². The Morgan fingerprint density at radius 2 is 0.969 bits per heavy atom. The summed E-state index contributed by atoms with van der Waals surface area (Å²) in [4.78, 5) is 34.0. The second-order valence-corrected chi connectivity index (χ2v) is 17.7. The van der Waals surface area contributed by atoms with Crippen molar-refractivity contribution in [2.75, 3.05) is 62.5 Å². The van der Waals surface area contributed by atoms with E-state index in [9.17, 15) is 0 Å². The molecule has 0 aliphatic carbocycles. The van der Waals surface area contributed by atoms with Gasteiger partial charge in [0.05, 0.1) is 44.1 Å². The van der Waals surface area contributed by atoms with Crippen LogP contribution in [0.4, 0.5) is 34.6 Å². The summed E-state index contributed by atoms with van der Waals surface area (Å²) in [5.74, 6) is 1.13. The average Bonchev–Trinajstić information content (AvgIpc) is 3.44. The Morgan fingerprint density at radius 3 is 1.36 bits per heavy atom. The van der Waals surface area contributed by atoms with Gasteiger partial charge in [0.2, 0.25) is 11.9 Å². The standard InChI is InChI=1S/2C24H28N6S.2CH4/c2*1-15-7-8-19-21(10-15)27-22(31)12-18-14-26-24(29-23(18)19)28-20-11-17(13-25-16(20)2)6-5-9-30(3)4;;/h2*7-8,10-11,13-14H,5-6,9,12H2,1-4H3,(H,27,31)(H,26,28,29);2*1H4. The summed E-state index contributed by atoms with van der Waals surface area (Å²) in [6, 6.07) is 16.9. The minimum atomic E-state index is 0. The van der Waals surface area contributed by atoms with E-state index in [1.54, 1.807) is 0 Å². The smallest absolute Gasteiger partial charge is 0.227 e. The highest BCUT2D eigenvalue weighted by Crippen LogP contribution is 2.36. The summed E-state index contributed by atoms with van der Waals surface area (Å²) < 4.78 is 0. The van der Waals surface area contributed by atoms with Gasteiger partial charge in [-0.15, -0.1) is 0 Å². The maximum Gasteiger partial charge on any atom is 0.227 e. The van der Waals surface area contributed by atoms with Crippen molar-refractivity contribution in [2.45, 2.75) is 81.1 Å². The zero-order valence-corrected chi connectivity index (χ0v) is 38.6. The molecule has 0 radical (unpaired) electrons. The fourth-order valence-corrected chi connectivity index (χ4v) is 7.98. The van der Waals surface area contributed by atoms with Crippen LogP contribution in [-0.4, -0.2) is 91.0 Å². The van der Waals surface area contributed by atoms with Gasteiger partial charge in [0, 0.05) is 71.3 Å². The lowest BCUT2D eigenvalue weighted by Crippen LogP contribution is -2.13. The molecule has 8 rings (SSSR count). The molecule has 6 heterocycles. The molecule has 64 heavy (non-hydrogen) atoms. The Balaban J connectivity index is 0.000000234. The van der Waals surface area contributed by atoms with Crippen LogP contribution in [-0.2, 0) is 25.7 Å². The van der Waals surface area contributed by atoms with E-state index in [0.29, 0.717) is 24.7 Å². The molecule has 14 heteroatoms. The van der Waals surface area contributed by atoms with E-state index in [2.05, 4.69) is 142 Å². The Morgan fingerprint density at radius 1 is 0.562 bits per heavy atom. The van der Waals surface area contributed by atoms with Gasteiger partial charge in [-0.05, 0) is 141 Å². The highest BCUT2D eigenvalue weighted by atomic mass is 32.1. The Kier molecular flexibility index (Phi) is 17.1. The van der Waals surface area contributed by atoms with Crippen LogP contribution >= 0.6 is 24.4 Å². The molecule has 2 aromatic carbocycles. The van der Waals surface area contributed by atoms with Crippen molar-refractivity contribution in [3.05, 3.63) is 118 Å². The summed E-state index contributed by atoms with van der Waals surface area (Å²) in [6.45, 7) is 10.3. The van der Waals surface area contributed by atoms with Gasteiger partial charge in [-0.2, -0.15) is 0 Å². The predicted molar refractivity (Wildman–Crippen MR) is 276 cm³/mol. The summed E-state index contributed by atoms with van der Waals surface area (Å²) in [6.07, 6.45) is 13.1. The number of anilines is 6. The minimum Gasteiger partial charge on any atom is -0.349 e. The second-order valence-electron chi connectivity index (χ2n) is 16.7. The van der Waals surface area contributed by atoms with E-state index >= 15 is 0 Å². The molecule has 0 bridgehead atoms. The monoisotopic (exact) mass is 896 g/mol. The lowest BCUT2D eigenvalue weighted by atomic mass is 10.0. The van der Waals surface area contributed by atoms with Crippen molar-refractivity contribution < 1.29 is 0 Å². The van der Waals surface area contributed by atoms with Crippen molar-refractivity contribution >= 4 is 69.1 Å². The van der Waals surface area contributed by atoms with Crippen LogP contribution in [0, 0.1) is 27.7 Å². The SMILES string of the molecule is C.C.Cc1ccc2c(c1)NC(=S)Cc1cnc(Nc3cc(CCCN(C)C)cnc3C)nc1-2.Cc1ccc2c(c1)NC(=S)Cc1cnc(Nc3cc(CCCN(C)C)cnc3C)nc1-2. The predicted octanol–water partition coefficient (Wildman–Crippen LogP) is 10.6. The minimum absolute atomic E-state index is 0. The number of rotatable bonds is 12. The highest BCUT2D eigenvalue weighted by molar-refractivity contribution is 7.80. The first-order valence-electron chi connectivity index (χ1n) is 21.1. The first-order chi connectivity index (χ1) is 29.8. The van der Waals surface area contributed by atoms with Gasteiger partial charge in [-0.3, -0.25) is 9.97 Å². The van der Waals surface area contributed by atoms with E-state index in [1.165, 1.54) is 22.3 Å². The summed E-state index contributed by atoms with van der Waals surface area (Å²) in [5.41, 5.74) is 16.4. The summed E-state index contributed by atoms with van der Waals surface area (Å²) in [7, 11) is 8.38. The Bertz CT molecular complexity index is 2430. The fraction of sp³-hybridized carbons (Fsp3) is 0.360. The molecule has 0 fully saturated rings. The molecule has 4 N–H and O–H groups in total. The van der Waals surface area contributed by atoms with Gasteiger partial charge >= 0.3 is 0 Å². The van der Waals surface area contributed by atoms with E-state index in [-0.39, 0.29) is 14.9 Å². The third kappa shape index (κ3) is 12.7. The number of hydrogen-bond donors (Lipinski definition) is 4. The van der Waals surface area contributed by atoms with Crippen molar-refractivity contribution in [1.29, 1.82) is 0 Å². The van der Waals surface area contributed by atoms with Gasteiger partial charge in [0.1, 0.15) is 0 Å². The molecular weight excluding hydrogens is 833 g/mol. The number of fused-ring (bicyclic) bond motifs is 6. The topological polar surface area (TPSA) is 132 Å². The van der Waals surface area contributed by atoms with E-state index < -0.39 is 0 Å². The molecule has 0 unspecified atom stereocenters. The van der Waals surface area contributed by atoms with Gasteiger partial charge in [0.15, 0.2) is 0 Å². The molecule has 0 saturated carbocycles. The van der Waals surface area contributed by atoms with Crippen molar-refractivity contribution in [1.82, 2.24) is 39.7 Å². The molecule has 2 aliphatic heterocycles. The summed E-state index contributed by atoms with van der Waals surface area (Å²) in [5, 5.41) is 13.5. The van der Waals surface area contributed by atoms with Crippen LogP contribution in [0.5, 0.6) is 0 Å². The maximum absolute atomic E-state index is 5.51. The number of aryl methyl sites for hydroxylation is 6. The molecule has 336 valence electrons. The largest absolute Gasteiger partial charge is 0.349 e. The van der Waals surface area contributed by atoms with Gasteiger partial charge in [-0.25, -0.2) is 19.9 Å². The third-order valence-corrected chi connectivity index (χ3v) is 11.3. The number of pyridine rings is 2. The van der Waals surface area contributed by atoms with Crippen LogP contribution in [0.15, 0.2) is 73.3 Å². The molecule has 12 nitrogen and oxygen atoms in total. The number of nitrogens with zero attached hydrogens (tertiary/aromatic N) is 8. The number of hydrogen-bond acceptors (Lipinski definition) is 12. The molecule has 0 saturated heterocycles. The van der Waals surface area contributed by atoms with Crippen LogP contribution < -0.4 is 21.3 Å². The fourth-order valence-electron chi connectivity index (χ4n) is 7.45. The van der Waals surface area contributed by atoms with Crippen LogP contribution in [0.2, 0.25) is 0 Å². The molecule has 4 aromatic heterocycles. The number of benzene rings is 2. The highest BCUT2D eigenvalue weighted by Gasteiger charge is 2.21. The number of thiocarbonyl (C=S) groups is 2. The van der Waals surface area contributed by atoms with Gasteiger partial charge < -0.3 is 31.1 Å². The molecule has 0 spiro atoms. The molecular formula is C50H64N12S2. The third-order valence-electron chi connectivity index (χ3n) is 10.8. The lowest BCUT2D eigenvalue weighted by molar-refractivity contribution is 0.400. The average molecular weight is 897 g/mol. The van der Waals surface area contributed by atoms with Crippen molar-refractivity contribution in [3.8, 4) is 22.5 Å². The van der Waals surface area contributed by atoms with Crippen LogP contribution in [0.3, 0.4) is 0 Å². The van der Waals surface area contributed by atoms with Crippen molar-refractivity contribution in [3.63, 3.8) is 0 Å². The molecule has 6 aromatic rings. The van der Waals surface area contributed by atoms with E-state index in [0.717, 1.165) is 117 Å². The quantitative estimate of drug-likeness (QED) is 0.0869. The summed E-state index contributed by atoms with van der Waals surface area (Å²) >= 11 is 11.0. The Hall–Kier alpha value is -5.80. The van der Waals surface area contributed by atoms with Gasteiger partial charge in [-0.1, -0.05) is 63.6 Å².